The summed E-state index contributed by atoms with van der Waals surface area (Å²) < 4.78 is 7.12. The quantitative estimate of drug-likeness (QED) is 0.460. The van der Waals surface area contributed by atoms with Gasteiger partial charge in [0, 0.05) is 5.56 Å². The Morgan fingerprint density at radius 1 is 1.00 bits per heavy atom. The molecule has 0 fully saturated rings. The zero-order chi connectivity index (χ0) is 22.9. The van der Waals surface area contributed by atoms with Gasteiger partial charge in [-0.25, -0.2) is 4.98 Å². The van der Waals surface area contributed by atoms with E-state index in [-0.39, 0.29) is 30.8 Å². The molecule has 0 saturated heterocycles. The van der Waals surface area contributed by atoms with Gasteiger partial charge in [0.2, 0.25) is 11.8 Å². The zero-order valence-electron chi connectivity index (χ0n) is 17.7. The molecule has 3 amide bonds. The average molecular weight is 441 g/mol. The highest BCUT2D eigenvalue weighted by Gasteiger charge is 2.35. The van der Waals surface area contributed by atoms with Crippen LogP contribution in [0, 0.1) is 6.92 Å². The van der Waals surface area contributed by atoms with Crippen molar-refractivity contribution < 1.29 is 18.8 Å². The van der Waals surface area contributed by atoms with E-state index in [1.54, 1.807) is 37.4 Å². The molecule has 0 aliphatic carbocycles. The first-order valence-corrected chi connectivity index (χ1v) is 10.3. The molecule has 1 aliphatic rings. The molecule has 1 aliphatic heterocycles. The molecule has 2 aromatic carbocycles. The summed E-state index contributed by atoms with van der Waals surface area (Å²) in [4.78, 5) is 43.1. The van der Waals surface area contributed by atoms with Crippen molar-refractivity contribution in [3.05, 3.63) is 89.6 Å². The van der Waals surface area contributed by atoms with Crippen molar-refractivity contribution in [1.29, 1.82) is 0 Å². The lowest BCUT2D eigenvalue weighted by atomic mass is 10.1. The van der Waals surface area contributed by atoms with E-state index in [1.165, 1.54) is 10.9 Å². The molecule has 3 heterocycles. The topological polar surface area (TPSA) is 110 Å². The molecular formula is C24H19N5O4. The Bertz CT molecular complexity index is 1340. The predicted molar refractivity (Wildman–Crippen MR) is 118 cm³/mol. The first-order valence-electron chi connectivity index (χ1n) is 10.3. The molecular weight excluding hydrogens is 422 g/mol. The smallest absolute Gasteiger partial charge is 0.263 e. The first-order chi connectivity index (χ1) is 16.0. The Morgan fingerprint density at radius 3 is 2.36 bits per heavy atom. The van der Waals surface area contributed by atoms with Gasteiger partial charge in [-0.05, 0) is 31.2 Å². The highest BCUT2D eigenvalue weighted by molar-refractivity contribution is 6.21. The highest BCUT2D eigenvalue weighted by Crippen LogP contribution is 2.24. The van der Waals surface area contributed by atoms with E-state index >= 15 is 0 Å². The number of aromatic nitrogens is 3. The van der Waals surface area contributed by atoms with Gasteiger partial charge in [-0.2, -0.15) is 5.10 Å². The van der Waals surface area contributed by atoms with Crippen molar-refractivity contribution in [2.45, 2.75) is 20.0 Å². The summed E-state index contributed by atoms with van der Waals surface area (Å²) in [6.45, 7) is 1.72. The fourth-order valence-corrected chi connectivity index (χ4v) is 3.67. The van der Waals surface area contributed by atoms with Gasteiger partial charge in [0.1, 0.15) is 12.4 Å². The van der Waals surface area contributed by atoms with Gasteiger partial charge in [-0.15, -0.1) is 0 Å². The summed E-state index contributed by atoms with van der Waals surface area (Å²) in [5, 5.41) is 6.91. The minimum absolute atomic E-state index is 0.0335. The second kappa shape index (κ2) is 8.19. The maximum absolute atomic E-state index is 12.5. The average Bonchev–Trinajstić information content (AvgIpc) is 3.48. The van der Waals surface area contributed by atoms with Crippen LogP contribution in [0.15, 0.2) is 71.4 Å². The largest absolute Gasteiger partial charge is 0.441 e. The number of nitrogens with one attached hydrogen (secondary N) is 1. The summed E-state index contributed by atoms with van der Waals surface area (Å²) in [6, 6.07) is 16.1. The number of carbonyl (C=O) groups is 3. The minimum atomic E-state index is -0.368. The lowest BCUT2D eigenvalue weighted by Crippen LogP contribution is -2.32. The van der Waals surface area contributed by atoms with E-state index in [2.05, 4.69) is 15.4 Å². The molecule has 2 aromatic heterocycles. The summed E-state index contributed by atoms with van der Waals surface area (Å²) in [5.41, 5.74) is 2.58. The number of aryl methyl sites for hydroxylation is 1. The van der Waals surface area contributed by atoms with Crippen LogP contribution in [0.3, 0.4) is 0 Å². The Morgan fingerprint density at radius 2 is 1.67 bits per heavy atom. The number of nitrogens with zero attached hydrogens (tertiary/aromatic N) is 4. The number of oxazole rings is 1. The summed E-state index contributed by atoms with van der Waals surface area (Å²) in [7, 11) is 0. The van der Waals surface area contributed by atoms with Crippen molar-refractivity contribution in [2.75, 3.05) is 5.32 Å². The van der Waals surface area contributed by atoms with Gasteiger partial charge in [-0.1, -0.05) is 30.3 Å². The number of rotatable bonds is 6. The van der Waals surface area contributed by atoms with Crippen LogP contribution in [-0.4, -0.2) is 37.4 Å². The molecule has 9 heteroatoms. The van der Waals surface area contributed by atoms with Crippen molar-refractivity contribution in [1.82, 2.24) is 19.7 Å². The molecule has 33 heavy (non-hydrogen) atoms. The predicted octanol–water partition coefficient (Wildman–Crippen LogP) is 3.28. The number of benzene rings is 2. The Balaban J connectivity index is 1.23. The number of hydrogen-bond acceptors (Lipinski definition) is 6. The second-order valence-electron chi connectivity index (χ2n) is 7.61. The number of hydrogen-bond donors (Lipinski definition) is 1. The van der Waals surface area contributed by atoms with Crippen LogP contribution in [0.1, 0.15) is 32.2 Å². The number of anilines is 1. The monoisotopic (exact) mass is 441 g/mol. The maximum atomic E-state index is 12.5. The molecule has 9 nitrogen and oxygen atoms in total. The maximum Gasteiger partial charge on any atom is 0.263 e. The number of carbonyl (C=O) groups excluding carboxylic acids is 3. The molecule has 0 atom stereocenters. The lowest BCUT2D eigenvalue weighted by molar-refractivity contribution is -0.115. The SMILES string of the molecule is Cc1oc(-c2ccccc2)nc1CC(=O)Nc1cnn(CN2C(=O)c3ccccc3C2=O)c1. The Kier molecular flexibility index (Phi) is 5.06. The summed E-state index contributed by atoms with van der Waals surface area (Å²) in [6.07, 6.45) is 3.05. The Hall–Kier alpha value is -4.53. The molecule has 0 unspecified atom stereocenters. The molecule has 0 spiro atoms. The van der Waals surface area contributed by atoms with Gasteiger partial charge in [-0.3, -0.25) is 24.0 Å². The normalized spacial score (nSPS) is 12.8. The molecule has 1 N–H and O–H groups in total. The van der Waals surface area contributed by atoms with Gasteiger partial charge in [0.25, 0.3) is 11.8 Å². The van der Waals surface area contributed by atoms with Crippen LogP contribution >= 0.6 is 0 Å². The molecule has 5 rings (SSSR count). The van der Waals surface area contributed by atoms with Gasteiger partial charge < -0.3 is 9.73 Å². The molecule has 0 bridgehead atoms. The summed E-state index contributed by atoms with van der Waals surface area (Å²) in [5.74, 6) is 0.0149. The van der Waals surface area contributed by atoms with E-state index in [0.29, 0.717) is 34.2 Å². The minimum Gasteiger partial charge on any atom is -0.441 e. The van der Waals surface area contributed by atoms with Crippen molar-refractivity contribution in [3.8, 4) is 11.5 Å². The van der Waals surface area contributed by atoms with Crippen LogP contribution in [-0.2, 0) is 17.9 Å². The number of amides is 3. The van der Waals surface area contributed by atoms with Crippen LogP contribution in [0.5, 0.6) is 0 Å². The third kappa shape index (κ3) is 3.91. The zero-order valence-corrected chi connectivity index (χ0v) is 17.7. The number of fused-ring (bicyclic) bond motifs is 1. The van der Waals surface area contributed by atoms with E-state index in [1.807, 2.05) is 30.3 Å². The lowest BCUT2D eigenvalue weighted by Gasteiger charge is -2.13. The van der Waals surface area contributed by atoms with E-state index in [4.69, 9.17) is 4.42 Å². The molecule has 4 aromatic rings. The van der Waals surface area contributed by atoms with E-state index in [9.17, 15) is 14.4 Å². The van der Waals surface area contributed by atoms with E-state index in [0.717, 1.165) is 10.5 Å². The fourth-order valence-electron chi connectivity index (χ4n) is 3.67. The fraction of sp³-hybridized carbons (Fsp3) is 0.125. The molecule has 0 radical (unpaired) electrons. The molecule has 164 valence electrons. The van der Waals surface area contributed by atoms with Gasteiger partial charge in [0.15, 0.2) is 0 Å². The van der Waals surface area contributed by atoms with Crippen LogP contribution in [0.25, 0.3) is 11.5 Å². The second-order valence-corrected chi connectivity index (χ2v) is 7.61. The molecule has 0 saturated carbocycles. The summed E-state index contributed by atoms with van der Waals surface area (Å²) >= 11 is 0. The van der Waals surface area contributed by atoms with Crippen molar-refractivity contribution >= 4 is 23.4 Å². The van der Waals surface area contributed by atoms with Gasteiger partial charge >= 0.3 is 0 Å². The highest BCUT2D eigenvalue weighted by atomic mass is 16.4. The van der Waals surface area contributed by atoms with Crippen molar-refractivity contribution in [2.24, 2.45) is 0 Å². The van der Waals surface area contributed by atoms with Crippen LogP contribution < -0.4 is 5.32 Å². The van der Waals surface area contributed by atoms with Gasteiger partial charge in [0.05, 0.1) is 41.3 Å². The Labute approximate surface area is 188 Å². The standard InChI is InChI=1S/C24H19N5O4/c1-15-20(27-22(33-15)16-7-3-2-4-8-16)11-21(30)26-17-12-25-28(13-17)14-29-23(31)18-9-5-6-10-19(18)24(29)32/h2-10,12-13H,11,14H2,1H3,(H,26,30). The van der Waals surface area contributed by atoms with Crippen molar-refractivity contribution in [3.63, 3.8) is 0 Å². The third-order valence-electron chi connectivity index (χ3n) is 5.32. The van der Waals surface area contributed by atoms with E-state index < -0.39 is 0 Å². The van der Waals surface area contributed by atoms with Crippen LogP contribution in [0.4, 0.5) is 5.69 Å². The van der Waals surface area contributed by atoms with Crippen LogP contribution in [0.2, 0.25) is 0 Å². The third-order valence-corrected chi connectivity index (χ3v) is 5.32. The first kappa shape index (κ1) is 20.4. The number of imide groups is 1.